The van der Waals surface area contributed by atoms with Gasteiger partial charge in [0.2, 0.25) is 12.2 Å². The van der Waals surface area contributed by atoms with Crippen molar-refractivity contribution in [3.63, 3.8) is 0 Å². The van der Waals surface area contributed by atoms with E-state index in [9.17, 15) is 14.4 Å². The molecule has 0 aliphatic carbocycles. The molecule has 0 N–H and O–H groups in total. The number of esters is 2. The lowest BCUT2D eigenvalue weighted by molar-refractivity contribution is -0.152. The van der Waals surface area contributed by atoms with Gasteiger partial charge >= 0.3 is 11.9 Å². The highest BCUT2D eigenvalue weighted by Gasteiger charge is 2.17. The molecule has 0 aromatic carbocycles. The number of carbonyl (C=O) groups is 2. The van der Waals surface area contributed by atoms with Crippen LogP contribution >= 0.6 is 0 Å². The van der Waals surface area contributed by atoms with E-state index < -0.39 is 24.2 Å². The third-order valence-corrected chi connectivity index (χ3v) is 4.52. The Morgan fingerprint density at radius 1 is 1.07 bits per heavy atom. The highest BCUT2D eigenvalue weighted by Crippen LogP contribution is 2.12. The number of aromatic nitrogens is 2. The predicted octanol–water partition coefficient (Wildman–Crippen LogP) is 3.74. The van der Waals surface area contributed by atoms with E-state index >= 15 is 0 Å². The molecule has 2 heterocycles. The Kier molecular flexibility index (Phi) is 8.17. The minimum Gasteiger partial charge on any atom is -0.428 e. The average Bonchev–Trinajstić information content (AvgIpc) is 2.68. The first-order chi connectivity index (χ1) is 13.5. The fourth-order valence-electron chi connectivity index (χ4n) is 2.92. The van der Waals surface area contributed by atoms with Crippen LogP contribution in [0.3, 0.4) is 0 Å². The van der Waals surface area contributed by atoms with Crippen LogP contribution in [0.25, 0.3) is 11.0 Å². The van der Waals surface area contributed by atoms with Gasteiger partial charge in [0.05, 0.1) is 5.39 Å². The molecule has 0 aliphatic heterocycles. The molecule has 0 saturated carbocycles. The fourth-order valence-corrected chi connectivity index (χ4v) is 2.92. The molecule has 0 bridgehead atoms. The van der Waals surface area contributed by atoms with Gasteiger partial charge in [-0.25, -0.2) is 9.78 Å². The van der Waals surface area contributed by atoms with E-state index in [1.807, 2.05) is 13.8 Å². The van der Waals surface area contributed by atoms with E-state index in [4.69, 9.17) is 9.47 Å². The van der Waals surface area contributed by atoms with Crippen LogP contribution in [0.4, 0.5) is 0 Å². The van der Waals surface area contributed by atoms with Crippen LogP contribution in [0.5, 0.6) is 0 Å². The maximum atomic E-state index is 12.6. The molecule has 2 rings (SSSR count). The fraction of sp³-hybridized carbons (Fsp3) is 0.524. The summed E-state index contributed by atoms with van der Waals surface area (Å²) in [5.74, 6) is -1.22. The zero-order valence-corrected chi connectivity index (χ0v) is 16.8. The van der Waals surface area contributed by atoms with Gasteiger partial charge in [-0.1, -0.05) is 32.6 Å². The van der Waals surface area contributed by atoms with Crippen LogP contribution in [0.15, 0.2) is 23.1 Å². The lowest BCUT2D eigenvalue weighted by Gasteiger charge is -2.11. The first-order valence-electron chi connectivity index (χ1n) is 9.81. The molecule has 0 radical (unpaired) electrons. The monoisotopic (exact) mass is 388 g/mol. The number of fused-ring (bicyclic) bond motifs is 1. The smallest absolute Gasteiger partial charge is 0.346 e. The van der Waals surface area contributed by atoms with Crippen molar-refractivity contribution in [2.75, 3.05) is 6.79 Å². The molecule has 152 valence electrons. The SMILES string of the molecule is CCCCCCCC(=O)OCOC(=O)c1cn(CC)c2nc(C)ccc2c1=O. The summed E-state index contributed by atoms with van der Waals surface area (Å²) in [4.78, 5) is 41.0. The van der Waals surface area contributed by atoms with Gasteiger partial charge in [0.15, 0.2) is 0 Å². The number of pyridine rings is 2. The number of aryl methyl sites for hydroxylation is 2. The number of carbonyl (C=O) groups excluding carboxylic acids is 2. The quantitative estimate of drug-likeness (QED) is 0.350. The Morgan fingerprint density at radius 2 is 1.82 bits per heavy atom. The van der Waals surface area contributed by atoms with Crippen molar-refractivity contribution in [3.05, 3.63) is 39.8 Å². The van der Waals surface area contributed by atoms with Crippen molar-refractivity contribution in [1.82, 2.24) is 9.55 Å². The molecular weight excluding hydrogens is 360 g/mol. The zero-order chi connectivity index (χ0) is 20.5. The summed E-state index contributed by atoms with van der Waals surface area (Å²) in [6.45, 7) is 5.91. The highest BCUT2D eigenvalue weighted by molar-refractivity contribution is 5.93. The second-order valence-electron chi connectivity index (χ2n) is 6.71. The van der Waals surface area contributed by atoms with Gasteiger partial charge in [0, 0.05) is 24.9 Å². The second-order valence-corrected chi connectivity index (χ2v) is 6.71. The summed E-state index contributed by atoms with van der Waals surface area (Å²) in [6, 6.07) is 3.38. The van der Waals surface area contributed by atoms with Crippen LogP contribution in [0, 0.1) is 6.92 Å². The molecule has 0 saturated heterocycles. The molecule has 2 aromatic heterocycles. The van der Waals surface area contributed by atoms with Crippen molar-refractivity contribution in [2.24, 2.45) is 0 Å². The summed E-state index contributed by atoms with van der Waals surface area (Å²) in [5, 5.41) is 0.353. The van der Waals surface area contributed by atoms with Crippen molar-refractivity contribution in [2.45, 2.75) is 65.8 Å². The third kappa shape index (κ3) is 5.65. The number of hydrogen-bond donors (Lipinski definition) is 0. The molecule has 0 unspecified atom stereocenters. The lowest BCUT2D eigenvalue weighted by atomic mass is 10.1. The topological polar surface area (TPSA) is 87.5 Å². The molecule has 7 heteroatoms. The number of hydrogen-bond acceptors (Lipinski definition) is 6. The van der Waals surface area contributed by atoms with Gasteiger partial charge in [-0.15, -0.1) is 0 Å². The summed E-state index contributed by atoms with van der Waals surface area (Å²) in [6.07, 6.45) is 6.86. The average molecular weight is 388 g/mol. The summed E-state index contributed by atoms with van der Waals surface area (Å²) in [7, 11) is 0. The molecule has 28 heavy (non-hydrogen) atoms. The molecule has 0 fully saturated rings. The third-order valence-electron chi connectivity index (χ3n) is 4.52. The van der Waals surface area contributed by atoms with Gasteiger partial charge in [0.25, 0.3) is 0 Å². The van der Waals surface area contributed by atoms with Gasteiger partial charge in [0.1, 0.15) is 11.2 Å². The summed E-state index contributed by atoms with van der Waals surface area (Å²) in [5.41, 5.74) is 0.764. The molecular formula is C21H28N2O5. The summed E-state index contributed by atoms with van der Waals surface area (Å²) < 4.78 is 11.6. The van der Waals surface area contributed by atoms with Crippen LogP contribution in [-0.4, -0.2) is 28.3 Å². The first-order valence-corrected chi connectivity index (χ1v) is 9.81. The van der Waals surface area contributed by atoms with E-state index in [0.717, 1.165) is 37.8 Å². The number of unbranched alkanes of at least 4 members (excludes halogenated alkanes) is 4. The lowest BCUT2D eigenvalue weighted by Crippen LogP contribution is -2.22. The highest BCUT2D eigenvalue weighted by atomic mass is 16.7. The Hall–Kier alpha value is -2.70. The van der Waals surface area contributed by atoms with Crippen molar-refractivity contribution in [3.8, 4) is 0 Å². The Labute approximate surface area is 164 Å². The van der Waals surface area contributed by atoms with E-state index in [0.29, 0.717) is 24.0 Å². The van der Waals surface area contributed by atoms with Crippen LogP contribution < -0.4 is 5.43 Å². The maximum Gasteiger partial charge on any atom is 0.346 e. The van der Waals surface area contributed by atoms with Crippen LogP contribution in [0.1, 0.15) is 68.4 Å². The van der Waals surface area contributed by atoms with Crippen LogP contribution in [0.2, 0.25) is 0 Å². The number of rotatable bonds is 10. The van der Waals surface area contributed by atoms with Crippen molar-refractivity contribution < 1.29 is 19.1 Å². The standard InChI is InChI=1S/C21H28N2O5/c1-4-6-7-8-9-10-18(24)27-14-28-21(26)17-13-23(5-2)20-16(19(17)25)12-11-15(3)22-20/h11-13H,4-10,14H2,1-3H3. The van der Waals surface area contributed by atoms with E-state index in [1.54, 1.807) is 16.7 Å². The first kappa shape index (κ1) is 21.6. The van der Waals surface area contributed by atoms with E-state index in [1.165, 1.54) is 6.20 Å². The normalized spacial score (nSPS) is 10.8. The van der Waals surface area contributed by atoms with Gasteiger partial charge in [-0.05, 0) is 32.4 Å². The van der Waals surface area contributed by atoms with Gasteiger partial charge in [-0.3, -0.25) is 9.59 Å². The van der Waals surface area contributed by atoms with E-state index in [2.05, 4.69) is 11.9 Å². The Morgan fingerprint density at radius 3 is 2.54 bits per heavy atom. The van der Waals surface area contributed by atoms with Crippen molar-refractivity contribution >= 4 is 23.0 Å². The van der Waals surface area contributed by atoms with Gasteiger partial charge in [-0.2, -0.15) is 0 Å². The molecule has 0 aliphatic rings. The molecule has 2 aromatic rings. The number of ether oxygens (including phenoxy) is 2. The van der Waals surface area contributed by atoms with Gasteiger partial charge < -0.3 is 14.0 Å². The van der Waals surface area contributed by atoms with E-state index in [-0.39, 0.29) is 5.56 Å². The maximum absolute atomic E-state index is 12.6. The minimum atomic E-state index is -0.814. The van der Waals surface area contributed by atoms with Crippen LogP contribution in [-0.2, 0) is 20.8 Å². The molecule has 7 nitrogen and oxygen atoms in total. The predicted molar refractivity (Wildman–Crippen MR) is 106 cm³/mol. The minimum absolute atomic E-state index is 0.101. The second kappa shape index (κ2) is 10.6. The summed E-state index contributed by atoms with van der Waals surface area (Å²) >= 11 is 0. The molecule has 0 amide bonds. The number of nitrogens with zero attached hydrogens (tertiary/aromatic N) is 2. The molecule has 0 spiro atoms. The largest absolute Gasteiger partial charge is 0.428 e. The van der Waals surface area contributed by atoms with Crippen molar-refractivity contribution in [1.29, 1.82) is 0 Å². The molecule has 0 atom stereocenters. The Balaban J connectivity index is 1.96. The zero-order valence-electron chi connectivity index (χ0n) is 16.8. The Bertz CT molecular complexity index is 888.